The summed E-state index contributed by atoms with van der Waals surface area (Å²) in [4.78, 5) is 25.4. The Morgan fingerprint density at radius 1 is 0.862 bits per heavy atom. The van der Waals surface area contributed by atoms with E-state index in [0.29, 0.717) is 43.7 Å². The van der Waals surface area contributed by atoms with Gasteiger partial charge >= 0.3 is 11.9 Å². The topological polar surface area (TPSA) is 74.4 Å². The largest absolute Gasteiger partial charge is 0.465 e. The molecular weight excluding hydrogens is 372 g/mol. The van der Waals surface area contributed by atoms with Gasteiger partial charge in [0.25, 0.3) is 0 Å². The van der Waals surface area contributed by atoms with Gasteiger partial charge in [0, 0.05) is 6.61 Å². The van der Waals surface area contributed by atoms with Crippen molar-refractivity contribution in [1.82, 2.24) is 0 Å². The van der Waals surface area contributed by atoms with Crippen LogP contribution in [-0.2, 0) is 28.5 Å². The lowest BCUT2D eigenvalue weighted by Gasteiger charge is -2.33. The van der Waals surface area contributed by atoms with Gasteiger partial charge in [0.05, 0.1) is 42.4 Å². The van der Waals surface area contributed by atoms with Crippen LogP contribution in [-0.4, -0.2) is 50.1 Å². The second-order valence-corrected chi connectivity index (χ2v) is 10.6. The molecule has 0 aromatic carbocycles. The van der Waals surface area contributed by atoms with E-state index in [1.807, 2.05) is 27.7 Å². The molecule has 3 fully saturated rings. The van der Waals surface area contributed by atoms with Gasteiger partial charge in [0.2, 0.25) is 0 Å². The highest BCUT2D eigenvalue weighted by Crippen LogP contribution is 2.40. The molecule has 29 heavy (non-hydrogen) atoms. The van der Waals surface area contributed by atoms with Crippen molar-refractivity contribution in [3.8, 4) is 0 Å². The number of carbonyl (C=O) groups excluding carboxylic acids is 2. The first kappa shape index (κ1) is 22.5. The van der Waals surface area contributed by atoms with Crippen LogP contribution in [0.25, 0.3) is 0 Å². The van der Waals surface area contributed by atoms with Gasteiger partial charge in [-0.05, 0) is 85.0 Å². The van der Waals surface area contributed by atoms with E-state index in [2.05, 4.69) is 6.92 Å². The molecule has 6 nitrogen and oxygen atoms in total. The minimum absolute atomic E-state index is 0.218. The lowest BCUT2D eigenvalue weighted by Crippen LogP contribution is -2.38. The summed E-state index contributed by atoms with van der Waals surface area (Å²) in [5.74, 6) is 0.248. The van der Waals surface area contributed by atoms with Gasteiger partial charge in [-0.15, -0.1) is 0 Å². The monoisotopic (exact) mass is 410 g/mol. The molecule has 5 unspecified atom stereocenters. The molecule has 1 saturated carbocycles. The predicted octanol–water partition coefficient (Wildman–Crippen LogP) is 3.90. The summed E-state index contributed by atoms with van der Waals surface area (Å²) >= 11 is 0. The summed E-state index contributed by atoms with van der Waals surface area (Å²) in [7, 11) is 0. The molecule has 0 aromatic heterocycles. The van der Waals surface area contributed by atoms with Crippen molar-refractivity contribution in [3.63, 3.8) is 0 Å². The fraction of sp³-hybridized carbons (Fsp3) is 0.913. The van der Waals surface area contributed by atoms with Gasteiger partial charge in [-0.1, -0.05) is 0 Å². The van der Waals surface area contributed by atoms with Gasteiger partial charge in [-0.2, -0.15) is 0 Å². The zero-order valence-electron chi connectivity index (χ0n) is 18.7. The minimum atomic E-state index is -0.751. The summed E-state index contributed by atoms with van der Waals surface area (Å²) in [6.45, 7) is 11.0. The Hall–Kier alpha value is -1.14. The molecule has 2 aliphatic heterocycles. The van der Waals surface area contributed by atoms with E-state index in [1.165, 1.54) is 0 Å². The van der Waals surface area contributed by atoms with Crippen molar-refractivity contribution in [3.05, 3.63) is 0 Å². The molecule has 5 atom stereocenters. The Balaban J connectivity index is 1.43. The van der Waals surface area contributed by atoms with Crippen molar-refractivity contribution in [2.75, 3.05) is 19.8 Å². The Kier molecular flexibility index (Phi) is 6.94. The van der Waals surface area contributed by atoms with Crippen molar-refractivity contribution in [1.29, 1.82) is 0 Å². The van der Waals surface area contributed by atoms with Gasteiger partial charge in [-0.25, -0.2) is 0 Å². The summed E-state index contributed by atoms with van der Waals surface area (Å²) in [6.07, 6.45) is 6.39. The number of rotatable bonds is 8. The Bertz CT molecular complexity index is 566. The SMILES string of the molecule is CC1CC(COC(=O)C(C)(C)CC(C)(C)C(=O)OCC2CCC3OC3C2)CCO1. The molecule has 0 N–H and O–H groups in total. The van der Waals surface area contributed by atoms with Crippen LogP contribution in [0, 0.1) is 22.7 Å². The van der Waals surface area contributed by atoms with Crippen LogP contribution in [0.4, 0.5) is 0 Å². The smallest absolute Gasteiger partial charge is 0.311 e. The number of fused-ring (bicyclic) bond motifs is 1. The summed E-state index contributed by atoms with van der Waals surface area (Å²) < 4.78 is 22.4. The molecule has 3 aliphatic rings. The number of epoxide rings is 1. The number of esters is 2. The highest BCUT2D eigenvalue weighted by Gasteiger charge is 2.45. The second kappa shape index (κ2) is 8.93. The highest BCUT2D eigenvalue weighted by molar-refractivity contribution is 5.80. The average molecular weight is 411 g/mol. The lowest BCUT2D eigenvalue weighted by atomic mass is 9.75. The van der Waals surface area contributed by atoms with E-state index in [-0.39, 0.29) is 18.0 Å². The number of hydrogen-bond acceptors (Lipinski definition) is 6. The van der Waals surface area contributed by atoms with Gasteiger partial charge in [-0.3, -0.25) is 9.59 Å². The maximum atomic E-state index is 12.7. The molecule has 2 saturated heterocycles. The zero-order chi connectivity index (χ0) is 21.2. The maximum Gasteiger partial charge on any atom is 0.311 e. The van der Waals surface area contributed by atoms with Crippen molar-refractivity contribution < 1.29 is 28.5 Å². The molecule has 0 aromatic rings. The normalized spacial score (nSPS) is 32.2. The molecule has 166 valence electrons. The minimum Gasteiger partial charge on any atom is -0.465 e. The first-order chi connectivity index (χ1) is 13.6. The molecule has 2 heterocycles. The van der Waals surface area contributed by atoms with Crippen LogP contribution in [0.5, 0.6) is 0 Å². The molecule has 3 rings (SSSR count). The van der Waals surface area contributed by atoms with Crippen LogP contribution >= 0.6 is 0 Å². The van der Waals surface area contributed by atoms with Crippen LogP contribution in [0.3, 0.4) is 0 Å². The summed E-state index contributed by atoms with van der Waals surface area (Å²) in [6, 6.07) is 0. The predicted molar refractivity (Wildman–Crippen MR) is 108 cm³/mol. The van der Waals surface area contributed by atoms with Gasteiger partial charge in [0.15, 0.2) is 0 Å². The Labute approximate surface area is 175 Å². The number of hydrogen-bond donors (Lipinski definition) is 0. The highest BCUT2D eigenvalue weighted by atomic mass is 16.6. The quantitative estimate of drug-likeness (QED) is 0.446. The third-order valence-corrected chi connectivity index (χ3v) is 6.60. The zero-order valence-corrected chi connectivity index (χ0v) is 18.7. The molecule has 1 aliphatic carbocycles. The van der Waals surface area contributed by atoms with E-state index >= 15 is 0 Å². The molecular formula is C23H38O6. The fourth-order valence-electron chi connectivity index (χ4n) is 4.91. The summed E-state index contributed by atoms with van der Waals surface area (Å²) in [5, 5.41) is 0. The Morgan fingerprint density at radius 2 is 1.45 bits per heavy atom. The maximum absolute atomic E-state index is 12.7. The van der Waals surface area contributed by atoms with Crippen LogP contribution in [0.2, 0.25) is 0 Å². The van der Waals surface area contributed by atoms with Gasteiger partial charge in [0.1, 0.15) is 0 Å². The number of ether oxygens (including phenoxy) is 4. The molecule has 0 bridgehead atoms. The second-order valence-electron chi connectivity index (χ2n) is 10.6. The van der Waals surface area contributed by atoms with E-state index in [4.69, 9.17) is 18.9 Å². The van der Waals surface area contributed by atoms with E-state index < -0.39 is 10.8 Å². The van der Waals surface area contributed by atoms with Crippen LogP contribution < -0.4 is 0 Å². The number of carbonyl (C=O) groups is 2. The standard InChI is InChI=1S/C23H38O6/c1-15-10-17(8-9-26-15)13-28-21(25)23(4,5)14-22(2,3)20(24)27-12-16-6-7-18-19(11-16)29-18/h15-19H,6-14H2,1-5H3. The van der Waals surface area contributed by atoms with Crippen LogP contribution in [0.15, 0.2) is 0 Å². The van der Waals surface area contributed by atoms with E-state index in [1.54, 1.807) is 0 Å². The van der Waals surface area contributed by atoms with E-state index in [9.17, 15) is 9.59 Å². The van der Waals surface area contributed by atoms with Crippen molar-refractivity contribution >= 4 is 11.9 Å². The van der Waals surface area contributed by atoms with Crippen molar-refractivity contribution in [2.45, 2.75) is 91.5 Å². The first-order valence-electron chi connectivity index (χ1n) is 11.2. The summed E-state index contributed by atoms with van der Waals surface area (Å²) in [5.41, 5.74) is -1.50. The fourth-order valence-corrected chi connectivity index (χ4v) is 4.91. The molecule has 0 spiro atoms. The van der Waals surface area contributed by atoms with Crippen LogP contribution in [0.1, 0.15) is 73.1 Å². The first-order valence-corrected chi connectivity index (χ1v) is 11.2. The third kappa shape index (κ3) is 6.17. The van der Waals surface area contributed by atoms with Crippen molar-refractivity contribution in [2.24, 2.45) is 22.7 Å². The molecule has 0 radical (unpaired) electrons. The lowest BCUT2D eigenvalue weighted by molar-refractivity contribution is -0.164. The Morgan fingerprint density at radius 3 is 2.00 bits per heavy atom. The molecule has 6 heteroatoms. The average Bonchev–Trinajstić information content (AvgIpc) is 3.42. The van der Waals surface area contributed by atoms with Gasteiger partial charge < -0.3 is 18.9 Å². The van der Waals surface area contributed by atoms with E-state index in [0.717, 1.165) is 38.7 Å². The molecule has 0 amide bonds. The third-order valence-electron chi connectivity index (χ3n) is 6.60.